The Bertz CT molecular complexity index is 3150. The normalized spacial score (nSPS) is 12.1. The quantitative estimate of drug-likeness (QED) is 0.166. The molecule has 0 spiro atoms. The van der Waals surface area contributed by atoms with Crippen molar-refractivity contribution >= 4 is 96.1 Å². The summed E-state index contributed by atoms with van der Waals surface area (Å²) in [7, 11) is 0. The Hall–Kier alpha value is -6.02. The van der Waals surface area contributed by atoms with Crippen molar-refractivity contribution < 1.29 is 0 Å². The Morgan fingerprint density at radius 2 is 0.735 bits per heavy atom. The van der Waals surface area contributed by atoms with Crippen LogP contribution in [0.3, 0.4) is 0 Å². The molecule has 0 radical (unpaired) electrons. The van der Waals surface area contributed by atoms with E-state index in [1.807, 2.05) is 11.3 Å². The average Bonchev–Trinajstić information content (AvgIpc) is 3.56. The first-order chi connectivity index (χ1) is 24.3. The molecule has 0 N–H and O–H groups in total. The number of hydrogen-bond acceptors (Lipinski definition) is 1. The molecule has 0 aliphatic carbocycles. The lowest BCUT2D eigenvalue weighted by atomic mass is 9.86. The summed E-state index contributed by atoms with van der Waals surface area (Å²) in [5.74, 6) is 0. The van der Waals surface area contributed by atoms with Crippen LogP contribution in [0.15, 0.2) is 170 Å². The molecule has 1 aromatic heterocycles. The van der Waals surface area contributed by atoms with Crippen LogP contribution in [0.1, 0.15) is 0 Å². The SMILES string of the molecule is c1ccc(-c2ccc3c(c2)c2cccc4c5ccc(-c6cccc7c6sc6ccccc67)cc5c5ccccc5c5cccc3c5c42)cc1. The molecule has 49 heavy (non-hydrogen) atoms. The molecule has 10 aromatic carbocycles. The monoisotopic (exact) mass is 636 g/mol. The molecular weight excluding hydrogens is 609 g/mol. The van der Waals surface area contributed by atoms with Crippen LogP contribution in [0.25, 0.3) is 107 Å². The summed E-state index contributed by atoms with van der Waals surface area (Å²) in [5, 5.41) is 18.2. The van der Waals surface area contributed by atoms with Crippen molar-refractivity contribution in [2.75, 3.05) is 0 Å². The van der Waals surface area contributed by atoms with Gasteiger partial charge in [0.25, 0.3) is 0 Å². The van der Waals surface area contributed by atoms with Crippen molar-refractivity contribution in [3.8, 4) is 22.3 Å². The van der Waals surface area contributed by atoms with Gasteiger partial charge in [0.1, 0.15) is 0 Å². The number of hydrogen-bond donors (Lipinski definition) is 0. The van der Waals surface area contributed by atoms with Gasteiger partial charge in [-0.1, -0.05) is 152 Å². The van der Waals surface area contributed by atoms with Gasteiger partial charge in [0.15, 0.2) is 0 Å². The van der Waals surface area contributed by atoms with E-state index in [9.17, 15) is 0 Å². The maximum atomic E-state index is 2.45. The highest BCUT2D eigenvalue weighted by molar-refractivity contribution is 7.26. The predicted molar refractivity (Wildman–Crippen MR) is 215 cm³/mol. The molecule has 0 saturated carbocycles. The van der Waals surface area contributed by atoms with Gasteiger partial charge < -0.3 is 0 Å². The lowest BCUT2D eigenvalue weighted by Crippen LogP contribution is -1.89. The van der Waals surface area contributed by atoms with Gasteiger partial charge in [-0.15, -0.1) is 11.3 Å². The van der Waals surface area contributed by atoms with E-state index in [1.165, 1.54) is 107 Å². The van der Waals surface area contributed by atoms with E-state index in [0.717, 1.165) is 0 Å². The molecule has 0 atom stereocenters. The minimum atomic E-state index is 1.24. The Labute approximate surface area is 287 Å². The zero-order valence-corrected chi connectivity index (χ0v) is 27.4. The fourth-order valence-electron chi connectivity index (χ4n) is 8.45. The topological polar surface area (TPSA) is 0 Å². The fourth-order valence-corrected chi connectivity index (χ4v) is 9.69. The standard InChI is InChI=1S/C48H28S/c1-2-11-29(12-3-1)30-23-25-36-40-18-9-17-38-33-13-4-5-14-34(33)43-28-31(32-16-8-21-42-37-15-6-7-22-45(37)49-48(32)42)24-26-35(43)39-19-10-20-41(44(36)27-30)47(39)46(38)40/h1-28H. The molecule has 11 rings (SSSR count). The molecule has 0 nitrogen and oxygen atoms in total. The summed E-state index contributed by atoms with van der Waals surface area (Å²) in [5.41, 5.74) is 5.03. The van der Waals surface area contributed by atoms with Gasteiger partial charge >= 0.3 is 0 Å². The second kappa shape index (κ2) is 10.2. The van der Waals surface area contributed by atoms with Gasteiger partial charge in [0.2, 0.25) is 0 Å². The number of rotatable bonds is 2. The Morgan fingerprint density at radius 1 is 0.265 bits per heavy atom. The van der Waals surface area contributed by atoms with Crippen molar-refractivity contribution in [1.82, 2.24) is 0 Å². The molecule has 0 aliphatic heterocycles. The summed E-state index contributed by atoms with van der Waals surface area (Å²) in [6.07, 6.45) is 0. The van der Waals surface area contributed by atoms with Crippen LogP contribution >= 0.6 is 11.3 Å². The maximum absolute atomic E-state index is 2.45. The number of thiophene rings is 1. The van der Waals surface area contributed by atoms with Crippen molar-refractivity contribution in [3.05, 3.63) is 170 Å². The van der Waals surface area contributed by atoms with Gasteiger partial charge in [-0.05, 0) is 105 Å². The first-order valence-electron chi connectivity index (χ1n) is 16.9. The van der Waals surface area contributed by atoms with Crippen molar-refractivity contribution in [2.45, 2.75) is 0 Å². The fraction of sp³-hybridized carbons (Fsp3) is 0. The molecule has 1 heteroatoms. The third-order valence-corrected chi connectivity index (χ3v) is 11.8. The minimum absolute atomic E-state index is 1.24. The van der Waals surface area contributed by atoms with Crippen LogP contribution in [0.2, 0.25) is 0 Å². The van der Waals surface area contributed by atoms with Crippen LogP contribution in [0.5, 0.6) is 0 Å². The lowest BCUT2D eigenvalue weighted by Gasteiger charge is -2.17. The van der Waals surface area contributed by atoms with Crippen molar-refractivity contribution in [1.29, 1.82) is 0 Å². The van der Waals surface area contributed by atoms with Gasteiger partial charge in [-0.3, -0.25) is 0 Å². The summed E-state index contributed by atoms with van der Waals surface area (Å²) in [4.78, 5) is 0. The largest absolute Gasteiger partial charge is 0.135 e. The molecule has 226 valence electrons. The van der Waals surface area contributed by atoms with Gasteiger partial charge in [0, 0.05) is 20.2 Å². The van der Waals surface area contributed by atoms with E-state index in [1.54, 1.807) is 0 Å². The molecule has 0 fully saturated rings. The van der Waals surface area contributed by atoms with E-state index in [-0.39, 0.29) is 0 Å². The molecule has 1 heterocycles. The zero-order chi connectivity index (χ0) is 32.1. The van der Waals surface area contributed by atoms with E-state index >= 15 is 0 Å². The number of fused-ring (bicyclic) bond motifs is 11. The smallest absolute Gasteiger partial charge is 0.0433 e. The van der Waals surface area contributed by atoms with E-state index in [0.29, 0.717) is 0 Å². The third-order valence-electron chi connectivity index (χ3n) is 10.6. The first-order valence-corrected chi connectivity index (χ1v) is 17.7. The Morgan fingerprint density at radius 3 is 1.45 bits per heavy atom. The second-order valence-corrected chi connectivity index (χ2v) is 14.2. The Kier molecular flexibility index (Phi) is 5.64. The van der Waals surface area contributed by atoms with Crippen LogP contribution in [-0.4, -0.2) is 0 Å². The summed E-state index contributed by atoms with van der Waals surface area (Å²) >= 11 is 1.90. The molecule has 0 aliphatic rings. The maximum Gasteiger partial charge on any atom is 0.0433 e. The van der Waals surface area contributed by atoms with Gasteiger partial charge in [-0.25, -0.2) is 0 Å². The summed E-state index contributed by atoms with van der Waals surface area (Å²) < 4.78 is 2.68. The number of benzene rings is 9. The third kappa shape index (κ3) is 3.85. The van der Waals surface area contributed by atoms with E-state index in [2.05, 4.69) is 170 Å². The molecule has 0 unspecified atom stereocenters. The van der Waals surface area contributed by atoms with Gasteiger partial charge in [0.05, 0.1) is 0 Å². The molecule has 0 bridgehead atoms. The highest BCUT2D eigenvalue weighted by Crippen LogP contribution is 2.46. The molecular formula is C48H28S. The predicted octanol–water partition coefficient (Wildman–Crippen LogP) is 14.3. The first kappa shape index (κ1) is 27.0. The second-order valence-electron chi connectivity index (χ2n) is 13.2. The molecule has 0 amide bonds. The lowest BCUT2D eigenvalue weighted by molar-refractivity contribution is 1.65. The molecule has 0 saturated heterocycles. The van der Waals surface area contributed by atoms with Crippen LogP contribution < -0.4 is 0 Å². The minimum Gasteiger partial charge on any atom is -0.135 e. The van der Waals surface area contributed by atoms with Crippen LogP contribution in [-0.2, 0) is 0 Å². The van der Waals surface area contributed by atoms with Crippen molar-refractivity contribution in [3.63, 3.8) is 0 Å². The van der Waals surface area contributed by atoms with Crippen LogP contribution in [0.4, 0.5) is 0 Å². The highest BCUT2D eigenvalue weighted by atomic mass is 32.1. The zero-order valence-electron chi connectivity index (χ0n) is 26.6. The summed E-state index contributed by atoms with van der Waals surface area (Å²) in [6, 6.07) is 63.3. The van der Waals surface area contributed by atoms with E-state index < -0.39 is 0 Å². The summed E-state index contributed by atoms with van der Waals surface area (Å²) in [6.45, 7) is 0. The van der Waals surface area contributed by atoms with E-state index in [4.69, 9.17) is 0 Å². The van der Waals surface area contributed by atoms with Crippen molar-refractivity contribution in [2.24, 2.45) is 0 Å². The van der Waals surface area contributed by atoms with Gasteiger partial charge in [-0.2, -0.15) is 0 Å². The Balaban J connectivity index is 1.32. The molecule has 11 aromatic rings. The highest BCUT2D eigenvalue weighted by Gasteiger charge is 2.17. The average molecular weight is 637 g/mol. The van der Waals surface area contributed by atoms with Crippen LogP contribution in [0, 0.1) is 0 Å².